The van der Waals surface area contributed by atoms with Gasteiger partial charge in [0.1, 0.15) is 5.82 Å². The molecule has 0 atom stereocenters. The van der Waals surface area contributed by atoms with Gasteiger partial charge in [0.15, 0.2) is 0 Å². The average Bonchev–Trinajstić information content (AvgIpc) is 3.37. The highest BCUT2D eigenvalue weighted by Gasteiger charge is 2.26. The largest absolute Gasteiger partial charge is 0.370 e. The Balaban J connectivity index is 1.52. The summed E-state index contributed by atoms with van der Waals surface area (Å²) in [7, 11) is 0. The van der Waals surface area contributed by atoms with Crippen LogP contribution < -0.4 is 15.5 Å². The second-order valence-corrected chi connectivity index (χ2v) is 8.57. The Hall–Kier alpha value is -3.26. The van der Waals surface area contributed by atoms with E-state index in [1.54, 1.807) is 33.3 Å². The number of fused-ring (bicyclic) bond motifs is 1. The summed E-state index contributed by atoms with van der Waals surface area (Å²) in [5.74, 6) is -0.884. The van der Waals surface area contributed by atoms with E-state index >= 15 is 0 Å². The molecule has 31 heavy (non-hydrogen) atoms. The number of nitrogens with two attached hydrogens (primary N) is 1. The number of amides is 2. The van der Waals surface area contributed by atoms with E-state index in [2.05, 4.69) is 11.1 Å². The summed E-state index contributed by atoms with van der Waals surface area (Å²) in [4.78, 5) is 32.5. The van der Waals surface area contributed by atoms with Gasteiger partial charge in [-0.1, -0.05) is 6.07 Å². The van der Waals surface area contributed by atoms with Crippen LogP contribution in [0.5, 0.6) is 0 Å². The third kappa shape index (κ3) is 4.74. The molecule has 2 heterocycles. The van der Waals surface area contributed by atoms with Crippen LogP contribution in [-0.2, 0) is 16.0 Å². The maximum absolute atomic E-state index is 13.3. The number of hydrogen-bond donors (Lipinski definition) is 1. The fraction of sp³-hybridized carbons (Fsp3) is 0.261. The molecule has 0 radical (unpaired) electrons. The molecule has 0 aliphatic carbocycles. The molecule has 1 aromatic heterocycles. The summed E-state index contributed by atoms with van der Waals surface area (Å²) in [6, 6.07) is 11.9. The van der Waals surface area contributed by atoms with Crippen LogP contribution in [0.1, 0.15) is 17.0 Å². The Morgan fingerprint density at radius 2 is 2.00 bits per heavy atom. The number of carbonyl (C=O) groups excluding carboxylic acids is 2. The number of thiazole rings is 1. The van der Waals surface area contributed by atoms with Gasteiger partial charge in [-0.25, -0.2) is 9.37 Å². The first-order chi connectivity index (χ1) is 14.9. The minimum atomic E-state index is -0.448. The van der Waals surface area contributed by atoms with Crippen LogP contribution in [0, 0.1) is 12.7 Å². The maximum atomic E-state index is 13.3. The second-order valence-electron chi connectivity index (χ2n) is 7.50. The molecular formula is C23H23FN4O2S. The molecule has 2 N–H and O–H groups in total. The van der Waals surface area contributed by atoms with Gasteiger partial charge in [0, 0.05) is 41.8 Å². The van der Waals surface area contributed by atoms with Gasteiger partial charge >= 0.3 is 0 Å². The normalized spacial score (nSPS) is 12.6. The van der Waals surface area contributed by atoms with Gasteiger partial charge in [-0.05, 0) is 55.3 Å². The molecule has 4 rings (SSSR count). The first-order valence-corrected chi connectivity index (χ1v) is 10.9. The minimum Gasteiger partial charge on any atom is -0.370 e. The van der Waals surface area contributed by atoms with E-state index in [0.29, 0.717) is 12.2 Å². The molecule has 1 aliphatic heterocycles. The van der Waals surface area contributed by atoms with Crippen molar-refractivity contribution in [2.24, 2.45) is 5.73 Å². The van der Waals surface area contributed by atoms with Crippen molar-refractivity contribution < 1.29 is 14.0 Å². The predicted molar refractivity (Wildman–Crippen MR) is 121 cm³/mol. The zero-order valence-corrected chi connectivity index (χ0v) is 18.0. The summed E-state index contributed by atoms with van der Waals surface area (Å²) >= 11 is 1.61. The highest BCUT2D eigenvalue weighted by molar-refractivity contribution is 7.09. The van der Waals surface area contributed by atoms with Crippen molar-refractivity contribution in [3.05, 3.63) is 64.2 Å². The van der Waals surface area contributed by atoms with Crippen molar-refractivity contribution in [2.75, 3.05) is 29.4 Å². The van der Waals surface area contributed by atoms with Gasteiger partial charge in [-0.3, -0.25) is 9.59 Å². The molecule has 160 valence electrons. The highest BCUT2D eigenvalue weighted by Crippen LogP contribution is 2.33. The zero-order valence-electron chi connectivity index (χ0n) is 17.2. The summed E-state index contributed by atoms with van der Waals surface area (Å²) in [5.41, 5.74) is 9.98. The molecule has 0 unspecified atom stereocenters. The number of aromatic nitrogens is 1. The third-order valence-electron chi connectivity index (χ3n) is 5.34. The lowest BCUT2D eigenvalue weighted by Gasteiger charge is -2.27. The molecule has 1 aliphatic rings. The van der Waals surface area contributed by atoms with E-state index in [9.17, 15) is 14.0 Å². The van der Waals surface area contributed by atoms with Crippen LogP contribution in [0.2, 0.25) is 0 Å². The molecule has 6 nitrogen and oxygen atoms in total. The Kier molecular flexibility index (Phi) is 5.99. The number of hydrogen-bond acceptors (Lipinski definition) is 5. The summed E-state index contributed by atoms with van der Waals surface area (Å²) in [6.45, 7) is 2.94. The Morgan fingerprint density at radius 1 is 1.23 bits per heavy atom. The fourth-order valence-corrected chi connectivity index (χ4v) is 4.38. The quantitative estimate of drug-likeness (QED) is 0.612. The van der Waals surface area contributed by atoms with Crippen molar-refractivity contribution in [1.82, 2.24) is 4.98 Å². The maximum Gasteiger partial charge on any atom is 0.246 e. The average molecular weight is 439 g/mol. The van der Waals surface area contributed by atoms with Crippen LogP contribution >= 0.6 is 11.3 Å². The SMILES string of the molecule is Cc1nc(-c2ccc3c(c2)CCN3C(=O)CN(CCC(N)=O)c2ccc(F)cc2)cs1. The standard InChI is InChI=1S/C23H23FN4O2S/c1-15-26-20(14-31-15)16-2-7-21-17(12-16)8-11-28(21)23(30)13-27(10-9-22(25)29)19-5-3-18(24)4-6-19/h2-7,12,14H,8-11,13H2,1H3,(H2,25,29). The molecule has 0 spiro atoms. The van der Waals surface area contributed by atoms with E-state index in [0.717, 1.165) is 33.9 Å². The van der Waals surface area contributed by atoms with Crippen LogP contribution in [0.3, 0.4) is 0 Å². The highest BCUT2D eigenvalue weighted by atomic mass is 32.1. The fourth-order valence-electron chi connectivity index (χ4n) is 3.76. The van der Waals surface area contributed by atoms with Crippen molar-refractivity contribution in [1.29, 1.82) is 0 Å². The second kappa shape index (κ2) is 8.85. The molecule has 3 aromatic rings. The van der Waals surface area contributed by atoms with Crippen LogP contribution in [0.25, 0.3) is 11.3 Å². The molecule has 8 heteroatoms. The first kappa shape index (κ1) is 21.0. The van der Waals surface area contributed by atoms with Gasteiger partial charge in [-0.2, -0.15) is 0 Å². The Morgan fingerprint density at radius 3 is 2.68 bits per heavy atom. The number of aryl methyl sites for hydroxylation is 1. The van der Waals surface area contributed by atoms with E-state index in [1.807, 2.05) is 24.4 Å². The number of primary amides is 1. The number of rotatable bonds is 7. The third-order valence-corrected chi connectivity index (χ3v) is 6.11. The molecule has 0 saturated carbocycles. The number of anilines is 2. The molecule has 0 bridgehead atoms. The van der Waals surface area contributed by atoms with E-state index in [4.69, 9.17) is 5.73 Å². The Bertz CT molecular complexity index is 1110. The van der Waals surface area contributed by atoms with Gasteiger partial charge in [0.2, 0.25) is 11.8 Å². The monoisotopic (exact) mass is 438 g/mol. The van der Waals surface area contributed by atoms with E-state index < -0.39 is 5.91 Å². The first-order valence-electron chi connectivity index (χ1n) is 10.1. The van der Waals surface area contributed by atoms with E-state index in [-0.39, 0.29) is 31.2 Å². The van der Waals surface area contributed by atoms with E-state index in [1.165, 1.54) is 12.1 Å². The molecule has 0 saturated heterocycles. The predicted octanol–water partition coefficient (Wildman–Crippen LogP) is 3.53. The molecule has 0 fully saturated rings. The number of benzene rings is 2. The number of nitrogens with zero attached hydrogens (tertiary/aromatic N) is 3. The number of halogens is 1. The van der Waals surface area contributed by atoms with Crippen molar-refractivity contribution in [2.45, 2.75) is 19.8 Å². The minimum absolute atomic E-state index is 0.0748. The van der Waals surface area contributed by atoms with Gasteiger partial charge < -0.3 is 15.5 Å². The van der Waals surface area contributed by atoms with Gasteiger partial charge in [0.05, 0.1) is 17.2 Å². The smallest absolute Gasteiger partial charge is 0.246 e. The molecule has 2 amide bonds. The molecular weight excluding hydrogens is 415 g/mol. The topological polar surface area (TPSA) is 79.5 Å². The lowest BCUT2D eigenvalue weighted by atomic mass is 10.1. The molecule has 2 aromatic carbocycles. The number of carbonyl (C=O) groups is 2. The van der Waals surface area contributed by atoms with Crippen LogP contribution in [0.15, 0.2) is 47.8 Å². The summed E-state index contributed by atoms with van der Waals surface area (Å²) < 4.78 is 13.3. The summed E-state index contributed by atoms with van der Waals surface area (Å²) in [6.07, 6.45) is 0.882. The van der Waals surface area contributed by atoms with Gasteiger partial charge in [-0.15, -0.1) is 11.3 Å². The Labute approximate surface area is 184 Å². The zero-order chi connectivity index (χ0) is 22.0. The van der Waals surface area contributed by atoms with Crippen LogP contribution in [0.4, 0.5) is 15.8 Å². The van der Waals surface area contributed by atoms with Crippen molar-refractivity contribution in [3.8, 4) is 11.3 Å². The summed E-state index contributed by atoms with van der Waals surface area (Å²) in [5, 5.41) is 3.05. The lowest BCUT2D eigenvalue weighted by molar-refractivity contribution is -0.119. The lowest BCUT2D eigenvalue weighted by Crippen LogP contribution is -2.41. The van der Waals surface area contributed by atoms with Crippen molar-refractivity contribution >= 4 is 34.5 Å². The van der Waals surface area contributed by atoms with Crippen molar-refractivity contribution in [3.63, 3.8) is 0 Å². The van der Waals surface area contributed by atoms with Crippen LogP contribution in [-0.4, -0.2) is 36.4 Å². The van der Waals surface area contributed by atoms with Gasteiger partial charge in [0.25, 0.3) is 0 Å².